The Morgan fingerprint density at radius 1 is 1.31 bits per heavy atom. The maximum atomic E-state index is 5.86. The van der Waals surface area contributed by atoms with Crippen molar-refractivity contribution in [1.82, 2.24) is 0 Å². The third-order valence-corrected chi connectivity index (χ3v) is 3.77. The molecule has 1 nitrogen and oxygen atoms in total. The Hall–Kier alpha value is -0.0400. The molecule has 0 aromatic heterocycles. The first kappa shape index (κ1) is 11.0. The fourth-order valence-corrected chi connectivity index (χ4v) is 2.59. The van der Waals surface area contributed by atoms with E-state index in [0.29, 0.717) is 0 Å². The zero-order valence-corrected chi connectivity index (χ0v) is 9.26. The molecule has 13 heavy (non-hydrogen) atoms. The molecule has 1 heteroatoms. The molecule has 0 radical (unpaired) electrons. The van der Waals surface area contributed by atoms with E-state index in [4.69, 9.17) is 5.73 Å². The molecule has 1 fully saturated rings. The second-order valence-electron chi connectivity index (χ2n) is 4.79. The van der Waals surface area contributed by atoms with E-state index >= 15 is 0 Å². The van der Waals surface area contributed by atoms with Gasteiger partial charge in [-0.25, -0.2) is 0 Å². The number of nitrogens with two attached hydrogens (primary N) is 1. The Balaban J connectivity index is 2.32. The van der Waals surface area contributed by atoms with Crippen LogP contribution in [0, 0.1) is 17.8 Å². The molecule has 0 spiro atoms. The van der Waals surface area contributed by atoms with Gasteiger partial charge in [0, 0.05) is 0 Å². The second-order valence-corrected chi connectivity index (χ2v) is 4.79. The highest BCUT2D eigenvalue weighted by Crippen LogP contribution is 2.34. The molecule has 1 saturated carbocycles. The Bertz CT molecular complexity index is 127. The van der Waals surface area contributed by atoms with Gasteiger partial charge in [-0.1, -0.05) is 46.0 Å². The van der Waals surface area contributed by atoms with E-state index in [2.05, 4.69) is 13.8 Å². The van der Waals surface area contributed by atoms with Gasteiger partial charge in [0.2, 0.25) is 0 Å². The zero-order chi connectivity index (χ0) is 9.68. The molecule has 0 heterocycles. The van der Waals surface area contributed by atoms with Crippen molar-refractivity contribution in [2.75, 3.05) is 6.54 Å². The summed E-state index contributed by atoms with van der Waals surface area (Å²) in [6.07, 6.45) is 8.45. The monoisotopic (exact) mass is 183 g/mol. The van der Waals surface area contributed by atoms with E-state index in [1.54, 1.807) is 0 Å². The van der Waals surface area contributed by atoms with Crippen molar-refractivity contribution in [3.05, 3.63) is 0 Å². The molecule has 0 saturated heterocycles. The van der Waals surface area contributed by atoms with E-state index < -0.39 is 0 Å². The SMILES string of the molecule is CCC(C)CC(CN)C1CCCC1. The average Bonchev–Trinajstić information content (AvgIpc) is 2.66. The van der Waals surface area contributed by atoms with Gasteiger partial charge in [0.15, 0.2) is 0 Å². The van der Waals surface area contributed by atoms with Gasteiger partial charge in [0.05, 0.1) is 0 Å². The topological polar surface area (TPSA) is 26.0 Å². The predicted molar refractivity (Wildman–Crippen MR) is 58.6 cm³/mol. The van der Waals surface area contributed by atoms with E-state index in [1.165, 1.54) is 38.5 Å². The fraction of sp³-hybridized carbons (Fsp3) is 1.00. The van der Waals surface area contributed by atoms with Gasteiger partial charge < -0.3 is 5.73 Å². The van der Waals surface area contributed by atoms with Crippen LogP contribution in [0.4, 0.5) is 0 Å². The highest BCUT2D eigenvalue weighted by atomic mass is 14.6. The van der Waals surface area contributed by atoms with Crippen LogP contribution in [0.1, 0.15) is 52.4 Å². The third-order valence-electron chi connectivity index (χ3n) is 3.77. The zero-order valence-electron chi connectivity index (χ0n) is 9.26. The van der Waals surface area contributed by atoms with E-state index in [-0.39, 0.29) is 0 Å². The molecule has 1 aliphatic carbocycles. The lowest BCUT2D eigenvalue weighted by Crippen LogP contribution is -2.23. The normalized spacial score (nSPS) is 23.3. The summed E-state index contributed by atoms with van der Waals surface area (Å²) in [5.74, 6) is 2.64. The van der Waals surface area contributed by atoms with Crippen LogP contribution >= 0.6 is 0 Å². The molecule has 78 valence electrons. The predicted octanol–water partition coefficient (Wildman–Crippen LogP) is 3.19. The minimum absolute atomic E-state index is 0.817. The second kappa shape index (κ2) is 5.64. The quantitative estimate of drug-likeness (QED) is 0.696. The Morgan fingerprint density at radius 3 is 2.38 bits per heavy atom. The lowest BCUT2D eigenvalue weighted by Gasteiger charge is -2.24. The number of rotatable bonds is 5. The van der Waals surface area contributed by atoms with Crippen LogP contribution in [0.15, 0.2) is 0 Å². The summed E-state index contributed by atoms with van der Waals surface area (Å²) in [6, 6.07) is 0. The summed E-state index contributed by atoms with van der Waals surface area (Å²) >= 11 is 0. The minimum Gasteiger partial charge on any atom is -0.330 e. The van der Waals surface area contributed by atoms with Gasteiger partial charge in [-0.05, 0) is 30.7 Å². The lowest BCUT2D eigenvalue weighted by atomic mass is 9.83. The van der Waals surface area contributed by atoms with Gasteiger partial charge in [-0.2, -0.15) is 0 Å². The van der Waals surface area contributed by atoms with Crippen molar-refractivity contribution in [3.8, 4) is 0 Å². The first-order valence-electron chi connectivity index (χ1n) is 5.98. The van der Waals surface area contributed by atoms with Crippen LogP contribution in [-0.2, 0) is 0 Å². The maximum absolute atomic E-state index is 5.86. The van der Waals surface area contributed by atoms with Crippen LogP contribution < -0.4 is 5.73 Å². The van der Waals surface area contributed by atoms with Gasteiger partial charge in [-0.3, -0.25) is 0 Å². The first-order valence-corrected chi connectivity index (χ1v) is 5.98. The molecule has 0 aliphatic heterocycles. The maximum Gasteiger partial charge on any atom is -0.00461 e. The van der Waals surface area contributed by atoms with E-state index in [1.807, 2.05) is 0 Å². The Kier molecular flexibility index (Phi) is 4.79. The van der Waals surface area contributed by atoms with Crippen molar-refractivity contribution in [2.45, 2.75) is 52.4 Å². The average molecular weight is 183 g/mol. The smallest absolute Gasteiger partial charge is 0.00461 e. The van der Waals surface area contributed by atoms with Gasteiger partial charge in [-0.15, -0.1) is 0 Å². The van der Waals surface area contributed by atoms with Crippen LogP contribution in [0.5, 0.6) is 0 Å². The number of hydrogen-bond donors (Lipinski definition) is 1. The summed E-state index contributed by atoms with van der Waals surface area (Å²) in [6.45, 7) is 5.56. The summed E-state index contributed by atoms with van der Waals surface area (Å²) < 4.78 is 0. The lowest BCUT2D eigenvalue weighted by molar-refractivity contribution is 0.281. The summed E-state index contributed by atoms with van der Waals surface area (Å²) in [7, 11) is 0. The van der Waals surface area contributed by atoms with Gasteiger partial charge >= 0.3 is 0 Å². The molecule has 0 bridgehead atoms. The van der Waals surface area contributed by atoms with Crippen LogP contribution in [0.2, 0.25) is 0 Å². The molecule has 2 unspecified atom stereocenters. The van der Waals surface area contributed by atoms with E-state index in [0.717, 1.165) is 24.3 Å². The molecule has 1 rings (SSSR count). The van der Waals surface area contributed by atoms with Crippen molar-refractivity contribution < 1.29 is 0 Å². The standard InChI is InChI=1S/C12H25N/c1-3-10(2)8-12(9-13)11-6-4-5-7-11/h10-12H,3-9,13H2,1-2H3. The van der Waals surface area contributed by atoms with E-state index in [9.17, 15) is 0 Å². The molecular weight excluding hydrogens is 158 g/mol. The molecule has 1 aliphatic rings. The van der Waals surface area contributed by atoms with Gasteiger partial charge in [0.25, 0.3) is 0 Å². The summed E-state index contributed by atoms with van der Waals surface area (Å²) in [5, 5.41) is 0. The van der Waals surface area contributed by atoms with Crippen LogP contribution in [-0.4, -0.2) is 6.54 Å². The number of hydrogen-bond acceptors (Lipinski definition) is 1. The molecule has 2 N–H and O–H groups in total. The molecule has 0 amide bonds. The van der Waals surface area contributed by atoms with Crippen LogP contribution in [0.3, 0.4) is 0 Å². The molecule has 0 aromatic rings. The first-order chi connectivity index (χ1) is 6.27. The van der Waals surface area contributed by atoms with Crippen molar-refractivity contribution in [2.24, 2.45) is 23.5 Å². The molecule has 2 atom stereocenters. The van der Waals surface area contributed by atoms with Crippen LogP contribution in [0.25, 0.3) is 0 Å². The Labute approximate surface area is 83.1 Å². The van der Waals surface area contributed by atoms with Crippen molar-refractivity contribution >= 4 is 0 Å². The van der Waals surface area contributed by atoms with Gasteiger partial charge in [0.1, 0.15) is 0 Å². The van der Waals surface area contributed by atoms with Crippen molar-refractivity contribution in [1.29, 1.82) is 0 Å². The summed E-state index contributed by atoms with van der Waals surface area (Å²) in [5.41, 5.74) is 5.86. The highest BCUT2D eigenvalue weighted by molar-refractivity contribution is 4.77. The highest BCUT2D eigenvalue weighted by Gasteiger charge is 2.24. The summed E-state index contributed by atoms with van der Waals surface area (Å²) in [4.78, 5) is 0. The Morgan fingerprint density at radius 2 is 1.92 bits per heavy atom. The third kappa shape index (κ3) is 3.30. The molecular formula is C12H25N. The molecule has 0 aromatic carbocycles. The minimum atomic E-state index is 0.817. The van der Waals surface area contributed by atoms with Crippen molar-refractivity contribution in [3.63, 3.8) is 0 Å². The largest absolute Gasteiger partial charge is 0.330 e. The fourth-order valence-electron chi connectivity index (χ4n) is 2.59.